The standard InChI is InChI=1S/C22H26N4O3S/c1-14-8-9-18-19(15(14)2)24-22(30-18)26-12-10-25(11-13-26)21(27)23-16-6-5-7-17(28-3)20(16)29-4/h5-9H,10-13H2,1-4H3,(H,23,27). The van der Waals surface area contributed by atoms with E-state index in [1.165, 1.54) is 15.8 Å². The van der Waals surface area contributed by atoms with Crippen molar-refractivity contribution in [1.29, 1.82) is 0 Å². The van der Waals surface area contributed by atoms with Gasteiger partial charge in [-0.1, -0.05) is 23.5 Å². The summed E-state index contributed by atoms with van der Waals surface area (Å²) in [7, 11) is 3.14. The number of carbonyl (C=O) groups excluding carboxylic acids is 1. The first-order valence-corrected chi connectivity index (χ1v) is 10.7. The molecular weight excluding hydrogens is 400 g/mol. The van der Waals surface area contributed by atoms with Crippen LogP contribution in [0.1, 0.15) is 11.1 Å². The van der Waals surface area contributed by atoms with Crippen LogP contribution in [0.2, 0.25) is 0 Å². The number of thiazole rings is 1. The number of anilines is 2. The second-order valence-electron chi connectivity index (χ2n) is 7.30. The first-order chi connectivity index (χ1) is 14.5. The lowest BCUT2D eigenvalue weighted by atomic mass is 10.1. The van der Waals surface area contributed by atoms with E-state index in [0.29, 0.717) is 30.3 Å². The molecule has 0 unspecified atom stereocenters. The fourth-order valence-corrected chi connectivity index (χ4v) is 4.71. The molecule has 4 rings (SSSR count). The number of nitrogens with zero attached hydrogens (tertiary/aromatic N) is 3. The summed E-state index contributed by atoms with van der Waals surface area (Å²) in [5.41, 5.74) is 4.18. The van der Waals surface area contributed by atoms with E-state index in [1.807, 2.05) is 11.0 Å². The molecule has 1 N–H and O–H groups in total. The summed E-state index contributed by atoms with van der Waals surface area (Å²) in [4.78, 5) is 21.7. The molecule has 1 aliphatic heterocycles. The van der Waals surface area contributed by atoms with Gasteiger partial charge < -0.3 is 24.6 Å². The predicted molar refractivity (Wildman–Crippen MR) is 121 cm³/mol. The van der Waals surface area contributed by atoms with E-state index in [2.05, 4.69) is 36.2 Å². The molecule has 0 saturated carbocycles. The zero-order valence-electron chi connectivity index (χ0n) is 17.7. The molecule has 158 valence electrons. The second kappa shape index (κ2) is 8.39. The number of fused-ring (bicyclic) bond motifs is 1. The van der Waals surface area contributed by atoms with Gasteiger partial charge in [-0.05, 0) is 43.2 Å². The quantitative estimate of drug-likeness (QED) is 0.674. The van der Waals surface area contributed by atoms with E-state index >= 15 is 0 Å². The summed E-state index contributed by atoms with van der Waals surface area (Å²) in [6.45, 7) is 7.00. The number of nitrogens with one attached hydrogen (secondary N) is 1. The number of methoxy groups -OCH3 is 2. The molecule has 0 atom stereocenters. The summed E-state index contributed by atoms with van der Waals surface area (Å²) in [6.07, 6.45) is 0. The van der Waals surface area contributed by atoms with Crippen LogP contribution in [0.4, 0.5) is 15.6 Å². The first kappa shape index (κ1) is 20.3. The number of para-hydroxylation sites is 1. The maximum absolute atomic E-state index is 12.8. The molecule has 1 saturated heterocycles. The number of amides is 2. The van der Waals surface area contributed by atoms with Crippen LogP contribution in [0, 0.1) is 13.8 Å². The highest BCUT2D eigenvalue weighted by Gasteiger charge is 2.24. The minimum Gasteiger partial charge on any atom is -0.493 e. The molecule has 30 heavy (non-hydrogen) atoms. The van der Waals surface area contributed by atoms with Gasteiger partial charge in [0, 0.05) is 26.2 Å². The second-order valence-corrected chi connectivity index (χ2v) is 8.31. The SMILES string of the molecule is COc1cccc(NC(=O)N2CCN(c3nc4c(C)c(C)ccc4s3)CC2)c1OC. The van der Waals surface area contributed by atoms with E-state index in [0.717, 1.165) is 23.7 Å². The lowest BCUT2D eigenvalue weighted by Crippen LogP contribution is -2.50. The Morgan fingerprint density at radius 1 is 1.07 bits per heavy atom. The fraction of sp³-hybridized carbons (Fsp3) is 0.364. The van der Waals surface area contributed by atoms with Crippen molar-refractivity contribution in [3.63, 3.8) is 0 Å². The number of piperazine rings is 1. The van der Waals surface area contributed by atoms with Crippen LogP contribution < -0.4 is 19.7 Å². The van der Waals surface area contributed by atoms with Crippen molar-refractivity contribution in [2.75, 3.05) is 50.6 Å². The van der Waals surface area contributed by atoms with Crippen LogP contribution in [0.25, 0.3) is 10.2 Å². The molecule has 1 aromatic heterocycles. The highest BCUT2D eigenvalue weighted by molar-refractivity contribution is 7.22. The number of rotatable bonds is 4. The molecule has 0 bridgehead atoms. The predicted octanol–water partition coefficient (Wildman–Crippen LogP) is 4.28. The van der Waals surface area contributed by atoms with Crippen LogP contribution in [-0.4, -0.2) is 56.3 Å². The van der Waals surface area contributed by atoms with Crippen LogP contribution in [0.15, 0.2) is 30.3 Å². The van der Waals surface area contributed by atoms with Crippen molar-refractivity contribution in [2.24, 2.45) is 0 Å². The number of benzene rings is 2. The smallest absolute Gasteiger partial charge is 0.322 e. The van der Waals surface area contributed by atoms with Gasteiger partial charge in [0.05, 0.1) is 30.1 Å². The monoisotopic (exact) mass is 426 g/mol. The first-order valence-electron chi connectivity index (χ1n) is 9.90. The molecule has 2 amide bonds. The zero-order valence-corrected chi connectivity index (χ0v) is 18.5. The molecule has 3 aromatic rings. The Morgan fingerprint density at radius 2 is 1.83 bits per heavy atom. The van der Waals surface area contributed by atoms with Crippen molar-refractivity contribution in [3.05, 3.63) is 41.5 Å². The van der Waals surface area contributed by atoms with E-state index < -0.39 is 0 Å². The van der Waals surface area contributed by atoms with Gasteiger partial charge in [-0.2, -0.15) is 0 Å². The molecule has 2 aromatic carbocycles. The largest absolute Gasteiger partial charge is 0.493 e. The van der Waals surface area contributed by atoms with Gasteiger partial charge >= 0.3 is 6.03 Å². The Morgan fingerprint density at radius 3 is 2.53 bits per heavy atom. The van der Waals surface area contributed by atoms with Gasteiger partial charge in [0.15, 0.2) is 16.6 Å². The third-order valence-corrected chi connectivity index (χ3v) is 6.64. The van der Waals surface area contributed by atoms with Gasteiger partial charge in [-0.15, -0.1) is 0 Å². The Bertz CT molecular complexity index is 1070. The van der Waals surface area contributed by atoms with Crippen molar-refractivity contribution >= 4 is 38.4 Å². The number of aryl methyl sites for hydroxylation is 2. The highest BCUT2D eigenvalue weighted by atomic mass is 32.1. The summed E-state index contributed by atoms with van der Waals surface area (Å²) in [5.74, 6) is 1.11. The Hall–Kier alpha value is -3.00. The number of hydrogen-bond donors (Lipinski definition) is 1. The van der Waals surface area contributed by atoms with Gasteiger partial charge in [0.1, 0.15) is 0 Å². The number of carbonyl (C=O) groups is 1. The molecule has 7 nitrogen and oxygen atoms in total. The summed E-state index contributed by atoms with van der Waals surface area (Å²) >= 11 is 1.71. The maximum atomic E-state index is 12.8. The van der Waals surface area contributed by atoms with Gasteiger partial charge in [0.25, 0.3) is 0 Å². The highest BCUT2D eigenvalue weighted by Crippen LogP contribution is 2.35. The number of urea groups is 1. The lowest BCUT2D eigenvalue weighted by Gasteiger charge is -2.34. The van der Waals surface area contributed by atoms with Crippen molar-refractivity contribution in [3.8, 4) is 11.5 Å². The zero-order chi connectivity index (χ0) is 21.3. The number of ether oxygens (including phenoxy) is 2. The molecule has 0 radical (unpaired) electrons. The fourth-order valence-electron chi connectivity index (χ4n) is 3.63. The van der Waals surface area contributed by atoms with E-state index in [9.17, 15) is 4.79 Å². The van der Waals surface area contributed by atoms with Gasteiger partial charge in [0.2, 0.25) is 0 Å². The van der Waals surface area contributed by atoms with E-state index in [4.69, 9.17) is 14.5 Å². The average molecular weight is 427 g/mol. The van der Waals surface area contributed by atoms with Crippen molar-refractivity contribution < 1.29 is 14.3 Å². The molecular formula is C22H26N4O3S. The number of hydrogen-bond acceptors (Lipinski definition) is 6. The van der Waals surface area contributed by atoms with Crippen LogP contribution in [0.3, 0.4) is 0 Å². The summed E-state index contributed by atoms with van der Waals surface area (Å²) in [5, 5.41) is 3.97. The molecule has 1 aliphatic rings. The number of aromatic nitrogens is 1. The average Bonchev–Trinajstić information content (AvgIpc) is 3.21. The Kier molecular flexibility index (Phi) is 5.67. The molecule has 2 heterocycles. The summed E-state index contributed by atoms with van der Waals surface area (Å²) in [6, 6.07) is 9.58. The van der Waals surface area contributed by atoms with Gasteiger partial charge in [-0.25, -0.2) is 9.78 Å². The van der Waals surface area contributed by atoms with Crippen molar-refractivity contribution in [2.45, 2.75) is 13.8 Å². The maximum Gasteiger partial charge on any atom is 0.322 e. The van der Waals surface area contributed by atoms with Gasteiger partial charge in [-0.3, -0.25) is 0 Å². The molecule has 0 aliphatic carbocycles. The minimum atomic E-state index is -0.142. The minimum absolute atomic E-state index is 0.142. The topological polar surface area (TPSA) is 66.9 Å². The lowest BCUT2D eigenvalue weighted by molar-refractivity contribution is 0.208. The molecule has 0 spiro atoms. The van der Waals surface area contributed by atoms with Crippen molar-refractivity contribution in [1.82, 2.24) is 9.88 Å². The van der Waals surface area contributed by atoms with E-state index in [1.54, 1.807) is 37.7 Å². The third kappa shape index (κ3) is 3.75. The third-order valence-electron chi connectivity index (χ3n) is 5.56. The molecule has 8 heteroatoms. The van der Waals surface area contributed by atoms with Crippen LogP contribution >= 0.6 is 11.3 Å². The normalized spacial score (nSPS) is 14.1. The Balaban J connectivity index is 1.42. The summed E-state index contributed by atoms with van der Waals surface area (Å²) < 4.78 is 11.9. The van der Waals surface area contributed by atoms with E-state index in [-0.39, 0.29) is 6.03 Å². The van der Waals surface area contributed by atoms with Crippen LogP contribution in [-0.2, 0) is 0 Å². The van der Waals surface area contributed by atoms with Crippen LogP contribution in [0.5, 0.6) is 11.5 Å². The Labute approximate surface area is 180 Å². The molecule has 1 fully saturated rings.